The van der Waals surface area contributed by atoms with Crippen molar-refractivity contribution in [1.82, 2.24) is 9.55 Å². The fourth-order valence-electron chi connectivity index (χ4n) is 3.53. The van der Waals surface area contributed by atoms with Gasteiger partial charge in [0.1, 0.15) is 17.0 Å². The lowest BCUT2D eigenvalue weighted by molar-refractivity contribution is 0.102. The summed E-state index contributed by atoms with van der Waals surface area (Å²) in [6, 6.07) is 23.9. The largest absolute Gasteiger partial charge is 0.422 e. The van der Waals surface area contributed by atoms with Gasteiger partial charge in [0.05, 0.1) is 11.0 Å². The van der Waals surface area contributed by atoms with Gasteiger partial charge >= 0.3 is 5.63 Å². The standard InChI is InChI=1S/C24H17N3O3/c1-27-20-8-4-3-7-19(20)26-22(27)15-10-12-17(13-11-15)25-23(28)18-14-16-6-2-5-9-21(16)30-24(18)29/h2-14H,1H3,(H,25,28). The van der Waals surface area contributed by atoms with Crippen LogP contribution in [0.15, 0.2) is 88.1 Å². The molecular formula is C24H17N3O3. The number of benzene rings is 3. The van der Waals surface area contributed by atoms with E-state index in [9.17, 15) is 9.59 Å². The molecule has 1 amide bonds. The molecule has 0 fully saturated rings. The van der Waals surface area contributed by atoms with Crippen LogP contribution in [0.2, 0.25) is 0 Å². The smallest absolute Gasteiger partial charge is 0.349 e. The lowest BCUT2D eigenvalue weighted by atomic mass is 10.1. The van der Waals surface area contributed by atoms with E-state index in [0.717, 1.165) is 22.4 Å². The molecule has 0 aliphatic carbocycles. The van der Waals surface area contributed by atoms with Gasteiger partial charge in [-0.2, -0.15) is 0 Å². The molecule has 3 aromatic carbocycles. The van der Waals surface area contributed by atoms with E-state index in [-0.39, 0.29) is 5.56 Å². The minimum absolute atomic E-state index is 0.0341. The molecule has 0 aliphatic heterocycles. The molecule has 146 valence electrons. The number of hydrogen-bond acceptors (Lipinski definition) is 4. The summed E-state index contributed by atoms with van der Waals surface area (Å²) in [6.07, 6.45) is 0. The van der Waals surface area contributed by atoms with Gasteiger partial charge in [0, 0.05) is 23.7 Å². The Labute approximate surface area is 171 Å². The molecule has 0 unspecified atom stereocenters. The molecule has 0 saturated carbocycles. The summed E-state index contributed by atoms with van der Waals surface area (Å²) in [7, 11) is 1.97. The summed E-state index contributed by atoms with van der Waals surface area (Å²) in [5, 5.41) is 3.45. The second kappa shape index (κ2) is 7.00. The number of fused-ring (bicyclic) bond motifs is 2. The highest BCUT2D eigenvalue weighted by Gasteiger charge is 2.14. The molecule has 0 radical (unpaired) electrons. The minimum Gasteiger partial charge on any atom is -0.422 e. The third-order valence-corrected chi connectivity index (χ3v) is 5.07. The fourth-order valence-corrected chi connectivity index (χ4v) is 3.53. The zero-order valence-corrected chi connectivity index (χ0v) is 16.1. The van der Waals surface area contributed by atoms with Crippen molar-refractivity contribution < 1.29 is 9.21 Å². The van der Waals surface area contributed by atoms with E-state index in [1.165, 1.54) is 0 Å². The molecule has 0 bridgehead atoms. The van der Waals surface area contributed by atoms with Gasteiger partial charge in [0.2, 0.25) is 0 Å². The number of nitrogens with one attached hydrogen (secondary N) is 1. The van der Waals surface area contributed by atoms with E-state index in [0.29, 0.717) is 16.7 Å². The number of anilines is 1. The minimum atomic E-state index is -0.664. The Morgan fingerprint density at radius 3 is 2.50 bits per heavy atom. The van der Waals surface area contributed by atoms with Crippen LogP contribution in [0.1, 0.15) is 10.4 Å². The summed E-state index contributed by atoms with van der Waals surface area (Å²) < 4.78 is 7.27. The summed E-state index contributed by atoms with van der Waals surface area (Å²) in [4.78, 5) is 29.5. The average Bonchev–Trinajstić information content (AvgIpc) is 3.10. The van der Waals surface area contributed by atoms with Crippen molar-refractivity contribution in [3.8, 4) is 11.4 Å². The number of nitrogens with zero attached hydrogens (tertiary/aromatic N) is 2. The first-order valence-corrected chi connectivity index (χ1v) is 9.46. The zero-order chi connectivity index (χ0) is 20.7. The van der Waals surface area contributed by atoms with Gasteiger partial charge in [-0.05, 0) is 48.5 Å². The van der Waals surface area contributed by atoms with E-state index in [4.69, 9.17) is 4.42 Å². The Morgan fingerprint density at radius 1 is 0.967 bits per heavy atom. The molecule has 5 aromatic rings. The molecule has 0 spiro atoms. The molecule has 0 atom stereocenters. The third-order valence-electron chi connectivity index (χ3n) is 5.07. The van der Waals surface area contributed by atoms with E-state index < -0.39 is 11.5 Å². The van der Waals surface area contributed by atoms with Crippen LogP contribution in [0.25, 0.3) is 33.4 Å². The van der Waals surface area contributed by atoms with Gasteiger partial charge in [0.15, 0.2) is 0 Å². The predicted molar refractivity (Wildman–Crippen MR) is 117 cm³/mol. The number of amides is 1. The number of aromatic nitrogens is 2. The van der Waals surface area contributed by atoms with Crippen LogP contribution in [0.3, 0.4) is 0 Å². The Balaban J connectivity index is 1.42. The fraction of sp³-hybridized carbons (Fsp3) is 0.0417. The van der Waals surface area contributed by atoms with E-state index >= 15 is 0 Å². The number of aryl methyl sites for hydroxylation is 1. The first kappa shape index (κ1) is 17.9. The Kier molecular flexibility index (Phi) is 4.17. The molecule has 0 aliphatic rings. The maximum atomic E-state index is 12.6. The highest BCUT2D eigenvalue weighted by atomic mass is 16.4. The molecule has 6 nitrogen and oxygen atoms in total. The number of para-hydroxylation sites is 3. The summed E-state index contributed by atoms with van der Waals surface area (Å²) in [5.74, 6) is 0.328. The van der Waals surface area contributed by atoms with Crippen molar-refractivity contribution in [2.75, 3.05) is 5.32 Å². The maximum absolute atomic E-state index is 12.6. The van der Waals surface area contributed by atoms with Crippen molar-refractivity contribution in [3.63, 3.8) is 0 Å². The highest BCUT2D eigenvalue weighted by Crippen LogP contribution is 2.25. The van der Waals surface area contributed by atoms with Crippen molar-refractivity contribution in [2.45, 2.75) is 0 Å². The van der Waals surface area contributed by atoms with Gasteiger partial charge in [-0.15, -0.1) is 0 Å². The third kappa shape index (κ3) is 3.04. The maximum Gasteiger partial charge on any atom is 0.349 e. The molecule has 1 N–H and O–H groups in total. The van der Waals surface area contributed by atoms with Crippen LogP contribution in [0, 0.1) is 0 Å². The molecule has 30 heavy (non-hydrogen) atoms. The van der Waals surface area contributed by atoms with Gasteiger partial charge < -0.3 is 14.3 Å². The average molecular weight is 395 g/mol. The van der Waals surface area contributed by atoms with Crippen molar-refractivity contribution in [3.05, 3.63) is 94.8 Å². The van der Waals surface area contributed by atoms with Crippen LogP contribution in [-0.2, 0) is 7.05 Å². The van der Waals surface area contributed by atoms with Crippen LogP contribution >= 0.6 is 0 Å². The molecule has 2 heterocycles. The van der Waals surface area contributed by atoms with Gasteiger partial charge in [-0.3, -0.25) is 4.79 Å². The number of rotatable bonds is 3. The summed E-state index contributed by atoms with van der Waals surface area (Å²) in [6.45, 7) is 0. The number of hydrogen-bond donors (Lipinski definition) is 1. The molecule has 2 aromatic heterocycles. The van der Waals surface area contributed by atoms with Crippen LogP contribution in [0.4, 0.5) is 5.69 Å². The quantitative estimate of drug-likeness (QED) is 0.453. The number of imidazole rings is 1. The van der Waals surface area contributed by atoms with Gasteiger partial charge in [-0.25, -0.2) is 9.78 Å². The topological polar surface area (TPSA) is 77.1 Å². The van der Waals surface area contributed by atoms with Crippen molar-refractivity contribution in [2.24, 2.45) is 7.05 Å². The van der Waals surface area contributed by atoms with Crippen LogP contribution in [0.5, 0.6) is 0 Å². The Hall–Kier alpha value is -4.19. The van der Waals surface area contributed by atoms with Crippen molar-refractivity contribution in [1.29, 1.82) is 0 Å². The first-order chi connectivity index (χ1) is 14.6. The summed E-state index contributed by atoms with van der Waals surface area (Å²) >= 11 is 0. The SMILES string of the molecule is Cn1c(-c2ccc(NC(=O)c3cc4ccccc4oc3=O)cc2)nc2ccccc21. The van der Waals surface area contributed by atoms with Crippen LogP contribution < -0.4 is 10.9 Å². The molecular weight excluding hydrogens is 378 g/mol. The zero-order valence-electron chi connectivity index (χ0n) is 16.1. The van der Waals surface area contributed by atoms with Gasteiger partial charge in [0.25, 0.3) is 5.91 Å². The lowest BCUT2D eigenvalue weighted by Gasteiger charge is -2.07. The highest BCUT2D eigenvalue weighted by molar-refractivity contribution is 6.05. The van der Waals surface area contributed by atoms with E-state index in [2.05, 4.69) is 10.3 Å². The second-order valence-corrected chi connectivity index (χ2v) is 7.00. The predicted octanol–water partition coefficient (Wildman–Crippen LogP) is 4.60. The number of carbonyl (C=O) groups is 1. The van der Waals surface area contributed by atoms with Gasteiger partial charge in [-0.1, -0.05) is 30.3 Å². The molecule has 6 heteroatoms. The monoisotopic (exact) mass is 395 g/mol. The van der Waals surface area contributed by atoms with E-state index in [1.807, 2.05) is 54.1 Å². The van der Waals surface area contributed by atoms with E-state index in [1.54, 1.807) is 36.4 Å². The number of carbonyl (C=O) groups excluding carboxylic acids is 1. The lowest BCUT2D eigenvalue weighted by Crippen LogP contribution is -2.20. The van der Waals surface area contributed by atoms with Crippen molar-refractivity contribution >= 4 is 33.6 Å². The Bertz CT molecular complexity index is 1460. The normalized spacial score (nSPS) is 11.1. The Morgan fingerprint density at radius 2 is 1.70 bits per heavy atom. The first-order valence-electron chi connectivity index (χ1n) is 9.46. The second-order valence-electron chi connectivity index (χ2n) is 7.00. The molecule has 5 rings (SSSR count). The van der Waals surface area contributed by atoms with Crippen LogP contribution in [-0.4, -0.2) is 15.5 Å². The summed E-state index contributed by atoms with van der Waals surface area (Å²) in [5.41, 5.74) is 3.23. The molecule has 0 saturated heterocycles.